The zero-order valence-corrected chi connectivity index (χ0v) is 11.6. The van der Waals surface area contributed by atoms with Gasteiger partial charge in [-0.25, -0.2) is 9.97 Å². The van der Waals surface area contributed by atoms with Crippen molar-refractivity contribution in [3.05, 3.63) is 39.6 Å². The molecule has 0 unspecified atom stereocenters. The highest BCUT2D eigenvalue weighted by Crippen LogP contribution is 2.36. The van der Waals surface area contributed by atoms with Crippen molar-refractivity contribution in [1.29, 1.82) is 0 Å². The van der Waals surface area contributed by atoms with Gasteiger partial charge in [-0.1, -0.05) is 40.5 Å². The SMILES string of the molecule is CCc1c(N)ncnc1-c1c(Cl)cccc1Br. The van der Waals surface area contributed by atoms with E-state index in [0.717, 1.165) is 27.7 Å². The van der Waals surface area contributed by atoms with Gasteiger partial charge in [0.05, 0.1) is 10.7 Å². The van der Waals surface area contributed by atoms with Crippen molar-refractivity contribution >= 4 is 33.3 Å². The summed E-state index contributed by atoms with van der Waals surface area (Å²) >= 11 is 9.70. The fourth-order valence-electron chi connectivity index (χ4n) is 1.71. The fourth-order valence-corrected chi connectivity index (χ4v) is 2.65. The molecule has 0 bridgehead atoms. The second kappa shape index (κ2) is 5.02. The monoisotopic (exact) mass is 311 g/mol. The highest BCUT2D eigenvalue weighted by Gasteiger charge is 2.15. The van der Waals surface area contributed by atoms with E-state index in [-0.39, 0.29) is 0 Å². The number of benzene rings is 1. The van der Waals surface area contributed by atoms with Crippen LogP contribution in [0, 0.1) is 0 Å². The number of nitrogens with two attached hydrogens (primary N) is 1. The third-order valence-electron chi connectivity index (χ3n) is 2.53. The summed E-state index contributed by atoms with van der Waals surface area (Å²) in [5, 5.41) is 0.646. The Bertz CT molecular complexity index is 537. The number of nitrogens with zero attached hydrogens (tertiary/aromatic N) is 2. The van der Waals surface area contributed by atoms with E-state index in [4.69, 9.17) is 17.3 Å². The summed E-state index contributed by atoms with van der Waals surface area (Å²) in [6, 6.07) is 5.64. The zero-order chi connectivity index (χ0) is 12.4. The molecule has 2 rings (SSSR count). The molecule has 0 aliphatic heterocycles. The molecule has 2 N–H and O–H groups in total. The van der Waals surface area contributed by atoms with Crippen LogP contribution in [0.15, 0.2) is 29.0 Å². The highest BCUT2D eigenvalue weighted by molar-refractivity contribution is 9.10. The molecule has 0 radical (unpaired) electrons. The smallest absolute Gasteiger partial charge is 0.130 e. The minimum Gasteiger partial charge on any atom is -0.383 e. The van der Waals surface area contributed by atoms with Gasteiger partial charge in [0.15, 0.2) is 0 Å². The van der Waals surface area contributed by atoms with Crippen LogP contribution in [0.25, 0.3) is 11.3 Å². The van der Waals surface area contributed by atoms with Crippen molar-refractivity contribution in [2.75, 3.05) is 5.73 Å². The molecule has 88 valence electrons. The predicted octanol–water partition coefficient (Wildman–Crippen LogP) is 3.70. The Morgan fingerprint density at radius 1 is 1.35 bits per heavy atom. The molecule has 2 aromatic rings. The largest absolute Gasteiger partial charge is 0.383 e. The Morgan fingerprint density at radius 2 is 2.12 bits per heavy atom. The quantitative estimate of drug-likeness (QED) is 0.920. The number of halogens is 2. The van der Waals surface area contributed by atoms with Gasteiger partial charge in [-0.3, -0.25) is 0 Å². The third-order valence-corrected chi connectivity index (χ3v) is 3.51. The fraction of sp³-hybridized carbons (Fsp3) is 0.167. The number of hydrogen-bond donors (Lipinski definition) is 1. The van der Waals surface area contributed by atoms with Gasteiger partial charge in [0.1, 0.15) is 12.1 Å². The van der Waals surface area contributed by atoms with E-state index in [1.807, 2.05) is 25.1 Å². The average molecular weight is 313 g/mol. The van der Waals surface area contributed by atoms with Gasteiger partial charge in [-0.2, -0.15) is 0 Å². The summed E-state index contributed by atoms with van der Waals surface area (Å²) in [6.07, 6.45) is 2.22. The van der Waals surface area contributed by atoms with Gasteiger partial charge in [-0.05, 0) is 18.6 Å². The molecule has 5 heteroatoms. The Labute approximate surface area is 113 Å². The Balaban J connectivity index is 2.73. The Kier molecular flexibility index (Phi) is 3.64. The topological polar surface area (TPSA) is 51.8 Å². The van der Waals surface area contributed by atoms with Crippen LogP contribution in [0.5, 0.6) is 0 Å². The number of aromatic nitrogens is 2. The first-order chi connectivity index (χ1) is 8.15. The molecule has 0 aliphatic carbocycles. The van der Waals surface area contributed by atoms with Crippen LogP contribution in [0.4, 0.5) is 5.82 Å². The van der Waals surface area contributed by atoms with E-state index in [2.05, 4.69) is 25.9 Å². The standard InChI is InChI=1S/C12H11BrClN3/c1-2-7-11(16-6-17-12(7)15)10-8(13)4-3-5-9(10)14/h3-6H,2H2,1H3,(H2,15,16,17). The molecule has 1 aromatic heterocycles. The van der Waals surface area contributed by atoms with Crippen molar-refractivity contribution in [2.45, 2.75) is 13.3 Å². The van der Waals surface area contributed by atoms with Gasteiger partial charge in [0, 0.05) is 15.6 Å². The maximum atomic E-state index is 6.21. The van der Waals surface area contributed by atoms with Gasteiger partial charge >= 0.3 is 0 Å². The summed E-state index contributed by atoms with van der Waals surface area (Å²) in [7, 11) is 0. The summed E-state index contributed by atoms with van der Waals surface area (Å²) < 4.78 is 0.901. The molecule has 0 spiro atoms. The Morgan fingerprint density at radius 3 is 2.76 bits per heavy atom. The van der Waals surface area contributed by atoms with Crippen molar-refractivity contribution in [2.24, 2.45) is 0 Å². The van der Waals surface area contributed by atoms with E-state index >= 15 is 0 Å². The van der Waals surface area contributed by atoms with Gasteiger partial charge in [-0.15, -0.1) is 0 Å². The first-order valence-electron chi connectivity index (χ1n) is 5.18. The van der Waals surface area contributed by atoms with Crippen LogP contribution in [-0.4, -0.2) is 9.97 Å². The molecule has 0 saturated carbocycles. The molecule has 17 heavy (non-hydrogen) atoms. The molecular formula is C12H11BrClN3. The second-order valence-electron chi connectivity index (χ2n) is 3.54. The van der Waals surface area contributed by atoms with E-state index in [9.17, 15) is 0 Å². The van der Waals surface area contributed by atoms with Crippen LogP contribution in [0.1, 0.15) is 12.5 Å². The van der Waals surface area contributed by atoms with Gasteiger partial charge < -0.3 is 5.73 Å². The maximum absolute atomic E-state index is 6.21. The van der Waals surface area contributed by atoms with E-state index in [1.165, 1.54) is 6.33 Å². The molecule has 0 atom stereocenters. The number of hydrogen-bond acceptors (Lipinski definition) is 3. The number of nitrogen functional groups attached to an aromatic ring is 1. The molecule has 1 aromatic carbocycles. The minimum absolute atomic E-state index is 0.504. The second-order valence-corrected chi connectivity index (χ2v) is 4.80. The van der Waals surface area contributed by atoms with Crippen LogP contribution >= 0.6 is 27.5 Å². The lowest BCUT2D eigenvalue weighted by Gasteiger charge is -2.11. The average Bonchev–Trinajstić information content (AvgIpc) is 2.29. The highest BCUT2D eigenvalue weighted by atomic mass is 79.9. The lowest BCUT2D eigenvalue weighted by Crippen LogP contribution is -2.02. The molecule has 0 fully saturated rings. The first kappa shape index (κ1) is 12.3. The minimum atomic E-state index is 0.504. The third kappa shape index (κ3) is 2.28. The van der Waals surface area contributed by atoms with Crippen LogP contribution in [0.3, 0.4) is 0 Å². The van der Waals surface area contributed by atoms with E-state index in [0.29, 0.717) is 10.8 Å². The zero-order valence-electron chi connectivity index (χ0n) is 9.24. The predicted molar refractivity (Wildman–Crippen MR) is 74.0 cm³/mol. The van der Waals surface area contributed by atoms with Crippen LogP contribution in [0.2, 0.25) is 5.02 Å². The van der Waals surface area contributed by atoms with Crippen LogP contribution in [-0.2, 0) is 6.42 Å². The lowest BCUT2D eigenvalue weighted by atomic mass is 10.0. The summed E-state index contributed by atoms with van der Waals surface area (Å²) in [5.41, 5.74) is 8.43. The summed E-state index contributed by atoms with van der Waals surface area (Å²) in [5.74, 6) is 0.504. The molecule has 1 heterocycles. The lowest BCUT2D eigenvalue weighted by molar-refractivity contribution is 1.06. The Hall–Kier alpha value is -1.13. The number of anilines is 1. The van der Waals surface area contributed by atoms with Crippen LogP contribution < -0.4 is 5.73 Å². The number of rotatable bonds is 2. The van der Waals surface area contributed by atoms with Crippen molar-refractivity contribution < 1.29 is 0 Å². The molecular weight excluding hydrogens is 302 g/mol. The van der Waals surface area contributed by atoms with Crippen molar-refractivity contribution in [1.82, 2.24) is 9.97 Å². The van der Waals surface area contributed by atoms with E-state index < -0.39 is 0 Å². The van der Waals surface area contributed by atoms with Crippen molar-refractivity contribution in [3.8, 4) is 11.3 Å². The van der Waals surface area contributed by atoms with E-state index in [1.54, 1.807) is 0 Å². The molecule has 3 nitrogen and oxygen atoms in total. The molecule has 0 saturated heterocycles. The molecule has 0 amide bonds. The summed E-state index contributed by atoms with van der Waals surface area (Å²) in [6.45, 7) is 2.02. The first-order valence-corrected chi connectivity index (χ1v) is 6.36. The molecule has 0 aliphatic rings. The normalized spacial score (nSPS) is 10.5. The maximum Gasteiger partial charge on any atom is 0.130 e. The van der Waals surface area contributed by atoms with Gasteiger partial charge in [0.25, 0.3) is 0 Å². The van der Waals surface area contributed by atoms with Crippen molar-refractivity contribution in [3.63, 3.8) is 0 Å². The van der Waals surface area contributed by atoms with Gasteiger partial charge in [0.2, 0.25) is 0 Å². The summed E-state index contributed by atoms with van der Waals surface area (Å²) in [4.78, 5) is 8.30.